The van der Waals surface area contributed by atoms with Gasteiger partial charge in [0.25, 0.3) is 5.91 Å². The lowest BCUT2D eigenvalue weighted by Crippen LogP contribution is -2.26. The van der Waals surface area contributed by atoms with Crippen molar-refractivity contribution >= 4 is 16.9 Å². The Kier molecular flexibility index (Phi) is 4.37. The molecule has 0 aliphatic heterocycles. The van der Waals surface area contributed by atoms with Crippen molar-refractivity contribution < 1.29 is 4.79 Å². The zero-order valence-corrected chi connectivity index (χ0v) is 13.3. The highest BCUT2D eigenvalue weighted by molar-refractivity contribution is 5.92. The van der Waals surface area contributed by atoms with Crippen molar-refractivity contribution in [2.75, 3.05) is 6.54 Å². The molecule has 0 unspecified atom stereocenters. The van der Waals surface area contributed by atoms with Crippen LogP contribution in [0.5, 0.6) is 0 Å². The van der Waals surface area contributed by atoms with E-state index in [2.05, 4.69) is 46.2 Å². The summed E-state index contributed by atoms with van der Waals surface area (Å²) in [5.41, 5.74) is 3.63. The monoisotopic (exact) mass is 308 g/mol. The van der Waals surface area contributed by atoms with Crippen LogP contribution in [0.1, 0.15) is 41.6 Å². The number of aromatic amines is 1. The molecule has 0 atom stereocenters. The van der Waals surface area contributed by atoms with Gasteiger partial charge in [-0.3, -0.25) is 9.78 Å². The summed E-state index contributed by atoms with van der Waals surface area (Å²) in [6.07, 6.45) is 2.39. The molecule has 2 N–H and O–H groups in total. The third kappa shape index (κ3) is 3.56. The summed E-state index contributed by atoms with van der Waals surface area (Å²) in [5.74, 6) is 1.24. The number of carbonyl (C=O) groups excluding carboxylic acids is 1. The van der Waals surface area contributed by atoms with Gasteiger partial charge in [0.1, 0.15) is 11.5 Å². The van der Waals surface area contributed by atoms with Crippen molar-refractivity contribution in [2.24, 2.45) is 0 Å². The highest BCUT2D eigenvalue weighted by Crippen LogP contribution is 2.18. The lowest BCUT2D eigenvalue weighted by molar-refractivity contribution is 0.0949. The quantitative estimate of drug-likeness (QED) is 0.761. The van der Waals surface area contributed by atoms with Gasteiger partial charge in [-0.15, -0.1) is 0 Å². The van der Waals surface area contributed by atoms with Crippen molar-refractivity contribution in [1.29, 1.82) is 0 Å². The predicted octanol–water partition coefficient (Wildman–Crippen LogP) is 3.05. The zero-order valence-electron chi connectivity index (χ0n) is 13.3. The van der Waals surface area contributed by atoms with Gasteiger partial charge in [-0.2, -0.15) is 0 Å². The molecule has 0 bridgehead atoms. The normalized spacial score (nSPS) is 11.1. The molecule has 5 heteroatoms. The van der Waals surface area contributed by atoms with E-state index in [1.165, 1.54) is 0 Å². The number of H-pyrrole nitrogens is 1. The fourth-order valence-corrected chi connectivity index (χ4v) is 2.41. The van der Waals surface area contributed by atoms with E-state index in [0.29, 0.717) is 18.2 Å². The first-order valence-corrected chi connectivity index (χ1v) is 7.81. The van der Waals surface area contributed by atoms with E-state index >= 15 is 0 Å². The average Bonchev–Trinajstić information content (AvgIpc) is 2.99. The summed E-state index contributed by atoms with van der Waals surface area (Å²) in [6, 6.07) is 11.5. The molecular formula is C18H20N4O. The number of benzene rings is 1. The molecule has 0 saturated carbocycles. The molecule has 23 heavy (non-hydrogen) atoms. The number of nitrogens with zero attached hydrogens (tertiary/aromatic N) is 2. The second-order valence-electron chi connectivity index (χ2n) is 5.85. The van der Waals surface area contributed by atoms with Crippen LogP contribution in [0.3, 0.4) is 0 Å². The SMILES string of the molecule is CC(C)c1nc2ccc(CCNC(=O)c3ccccn3)cc2[nH]1. The van der Waals surface area contributed by atoms with Crippen LogP contribution in [0.2, 0.25) is 0 Å². The van der Waals surface area contributed by atoms with Gasteiger partial charge in [0.05, 0.1) is 11.0 Å². The van der Waals surface area contributed by atoms with Gasteiger partial charge in [0.15, 0.2) is 0 Å². The fraction of sp³-hybridized carbons (Fsp3) is 0.278. The molecule has 2 aromatic heterocycles. The van der Waals surface area contributed by atoms with E-state index in [9.17, 15) is 4.79 Å². The van der Waals surface area contributed by atoms with E-state index in [4.69, 9.17) is 0 Å². The summed E-state index contributed by atoms with van der Waals surface area (Å²) in [6.45, 7) is 4.81. The summed E-state index contributed by atoms with van der Waals surface area (Å²) >= 11 is 0. The largest absolute Gasteiger partial charge is 0.350 e. The smallest absolute Gasteiger partial charge is 0.269 e. The van der Waals surface area contributed by atoms with Crippen LogP contribution in [0.25, 0.3) is 11.0 Å². The van der Waals surface area contributed by atoms with Crippen LogP contribution in [-0.2, 0) is 6.42 Å². The number of carbonyl (C=O) groups is 1. The maximum Gasteiger partial charge on any atom is 0.269 e. The maximum atomic E-state index is 11.9. The number of pyridine rings is 1. The van der Waals surface area contributed by atoms with Crippen LogP contribution in [0, 0.1) is 0 Å². The van der Waals surface area contributed by atoms with Gasteiger partial charge in [0.2, 0.25) is 0 Å². The molecule has 2 heterocycles. The Morgan fingerprint density at radius 3 is 2.87 bits per heavy atom. The molecular weight excluding hydrogens is 288 g/mol. The molecule has 3 rings (SSSR count). The van der Waals surface area contributed by atoms with Crippen molar-refractivity contribution in [3.8, 4) is 0 Å². The van der Waals surface area contributed by atoms with Crippen LogP contribution in [-0.4, -0.2) is 27.4 Å². The van der Waals surface area contributed by atoms with Crippen LogP contribution >= 0.6 is 0 Å². The van der Waals surface area contributed by atoms with Crippen LogP contribution in [0.4, 0.5) is 0 Å². The van der Waals surface area contributed by atoms with E-state index in [1.807, 2.05) is 6.07 Å². The Balaban J connectivity index is 1.62. The van der Waals surface area contributed by atoms with Gasteiger partial charge in [0, 0.05) is 18.7 Å². The zero-order chi connectivity index (χ0) is 16.2. The first-order valence-electron chi connectivity index (χ1n) is 7.81. The molecule has 3 aromatic rings. The minimum absolute atomic E-state index is 0.143. The third-order valence-electron chi connectivity index (χ3n) is 3.71. The van der Waals surface area contributed by atoms with Crippen LogP contribution < -0.4 is 5.32 Å². The van der Waals surface area contributed by atoms with Gasteiger partial charge < -0.3 is 10.3 Å². The van der Waals surface area contributed by atoms with Gasteiger partial charge in [-0.25, -0.2) is 4.98 Å². The van der Waals surface area contributed by atoms with E-state index < -0.39 is 0 Å². The number of fused-ring (bicyclic) bond motifs is 1. The van der Waals surface area contributed by atoms with Crippen molar-refractivity contribution in [1.82, 2.24) is 20.3 Å². The number of imidazole rings is 1. The molecule has 118 valence electrons. The Labute approximate surface area is 135 Å². The molecule has 5 nitrogen and oxygen atoms in total. The lowest BCUT2D eigenvalue weighted by Gasteiger charge is -2.05. The maximum absolute atomic E-state index is 11.9. The molecule has 0 aliphatic carbocycles. The molecule has 0 spiro atoms. The molecule has 1 aromatic carbocycles. The lowest BCUT2D eigenvalue weighted by atomic mass is 10.1. The van der Waals surface area contributed by atoms with Crippen molar-refractivity contribution in [2.45, 2.75) is 26.2 Å². The Bertz CT molecular complexity index is 808. The molecule has 0 saturated heterocycles. The second-order valence-corrected chi connectivity index (χ2v) is 5.85. The fourth-order valence-electron chi connectivity index (χ4n) is 2.41. The van der Waals surface area contributed by atoms with Crippen molar-refractivity contribution in [3.05, 3.63) is 59.7 Å². The van der Waals surface area contributed by atoms with Gasteiger partial charge >= 0.3 is 0 Å². The molecule has 0 radical (unpaired) electrons. The van der Waals surface area contributed by atoms with E-state index in [-0.39, 0.29) is 5.91 Å². The van der Waals surface area contributed by atoms with E-state index in [1.54, 1.807) is 24.4 Å². The van der Waals surface area contributed by atoms with Gasteiger partial charge in [-0.1, -0.05) is 26.0 Å². The minimum atomic E-state index is -0.143. The summed E-state index contributed by atoms with van der Waals surface area (Å²) in [7, 11) is 0. The van der Waals surface area contributed by atoms with E-state index in [0.717, 1.165) is 28.8 Å². The number of aromatic nitrogens is 3. The number of amides is 1. The summed E-state index contributed by atoms with van der Waals surface area (Å²) in [5, 5.41) is 2.89. The molecule has 1 amide bonds. The summed E-state index contributed by atoms with van der Waals surface area (Å²) in [4.78, 5) is 23.9. The van der Waals surface area contributed by atoms with Crippen LogP contribution in [0.15, 0.2) is 42.6 Å². The Morgan fingerprint density at radius 2 is 2.13 bits per heavy atom. The summed E-state index contributed by atoms with van der Waals surface area (Å²) < 4.78 is 0. The molecule has 0 fully saturated rings. The third-order valence-corrected chi connectivity index (χ3v) is 3.71. The highest BCUT2D eigenvalue weighted by Gasteiger charge is 2.08. The Morgan fingerprint density at radius 1 is 1.26 bits per heavy atom. The van der Waals surface area contributed by atoms with Gasteiger partial charge in [-0.05, 0) is 36.2 Å². The topological polar surface area (TPSA) is 70.7 Å². The predicted molar refractivity (Wildman–Crippen MR) is 90.5 cm³/mol. The number of nitrogens with one attached hydrogen (secondary N) is 2. The standard InChI is InChI=1S/C18H20N4O/c1-12(2)17-21-14-7-6-13(11-16(14)22-17)8-10-20-18(23)15-5-3-4-9-19-15/h3-7,9,11-12H,8,10H2,1-2H3,(H,20,23)(H,21,22). The second kappa shape index (κ2) is 6.60. The van der Waals surface area contributed by atoms with Crippen molar-refractivity contribution in [3.63, 3.8) is 0 Å². The first-order chi connectivity index (χ1) is 11.1. The minimum Gasteiger partial charge on any atom is -0.350 e. The number of hydrogen-bond donors (Lipinski definition) is 2. The molecule has 0 aliphatic rings. The number of hydrogen-bond acceptors (Lipinski definition) is 3. The highest BCUT2D eigenvalue weighted by atomic mass is 16.1. The average molecular weight is 308 g/mol. The first kappa shape index (κ1) is 15.2. The Hall–Kier alpha value is -2.69. The number of rotatable bonds is 5.